The second-order valence-electron chi connectivity index (χ2n) is 11.7. The zero-order chi connectivity index (χ0) is 28.8. The largest absolute Gasteiger partial charge is 0.444 e. The Morgan fingerprint density at radius 1 is 1.00 bits per heavy atom. The van der Waals surface area contributed by atoms with Crippen LogP contribution in [-0.4, -0.2) is 52.8 Å². The molecule has 1 aromatic carbocycles. The Morgan fingerprint density at radius 3 is 2.21 bits per heavy atom. The van der Waals surface area contributed by atoms with E-state index >= 15 is 0 Å². The third-order valence-corrected chi connectivity index (χ3v) is 7.54. The smallest absolute Gasteiger partial charge is 0.408 e. The summed E-state index contributed by atoms with van der Waals surface area (Å²) < 4.78 is 5.41. The van der Waals surface area contributed by atoms with E-state index in [0.717, 1.165) is 69.8 Å². The van der Waals surface area contributed by atoms with E-state index in [1.165, 1.54) is 12.0 Å². The molecule has 1 fully saturated rings. The van der Waals surface area contributed by atoms with Crippen molar-refractivity contribution < 1.29 is 19.1 Å². The summed E-state index contributed by atoms with van der Waals surface area (Å²) >= 11 is 4.39. The van der Waals surface area contributed by atoms with Crippen LogP contribution in [-0.2, 0) is 20.7 Å². The fourth-order valence-corrected chi connectivity index (χ4v) is 5.27. The molecule has 1 aliphatic carbocycles. The molecule has 220 valence electrons. The Hall–Kier alpha value is -2.22. The van der Waals surface area contributed by atoms with Crippen LogP contribution in [0.15, 0.2) is 24.3 Å². The van der Waals surface area contributed by atoms with Crippen molar-refractivity contribution in [2.24, 2.45) is 0 Å². The number of carbonyl (C=O) groups is 3. The number of unbranched alkanes of at least 4 members (excludes halogenated alkanes) is 4. The van der Waals surface area contributed by atoms with Crippen molar-refractivity contribution in [1.29, 1.82) is 0 Å². The number of thiol groups is 1. The van der Waals surface area contributed by atoms with Crippen LogP contribution < -0.4 is 10.6 Å². The number of hydrogen-bond acceptors (Lipinski definition) is 5. The number of aryl methyl sites for hydroxylation is 1. The summed E-state index contributed by atoms with van der Waals surface area (Å²) in [5, 5.41) is 5.96. The van der Waals surface area contributed by atoms with Crippen molar-refractivity contribution in [3.8, 4) is 0 Å². The van der Waals surface area contributed by atoms with Crippen LogP contribution in [0.25, 0.3) is 0 Å². The highest BCUT2D eigenvalue weighted by molar-refractivity contribution is 7.80. The molecule has 1 saturated carbocycles. The first kappa shape index (κ1) is 33.0. The lowest BCUT2D eigenvalue weighted by atomic mass is 9.94. The number of ether oxygens (including phenoxy) is 1. The SMILES string of the molecule is CCCCCCCN(C(=O)C(CS)NC(=O)OC(C)(C)C)C(C(=O)NC1CCCCC1)c1ccc(CC)cc1. The highest BCUT2D eigenvalue weighted by Crippen LogP contribution is 2.26. The summed E-state index contributed by atoms with van der Waals surface area (Å²) in [5.41, 5.74) is 1.25. The number of benzene rings is 1. The molecule has 1 aliphatic rings. The van der Waals surface area contributed by atoms with E-state index in [1.807, 2.05) is 24.3 Å². The zero-order valence-electron chi connectivity index (χ0n) is 24.8. The lowest BCUT2D eigenvalue weighted by molar-refractivity contribution is -0.142. The summed E-state index contributed by atoms with van der Waals surface area (Å²) in [6.07, 6.45) is 10.6. The fourth-order valence-electron chi connectivity index (χ4n) is 5.02. The van der Waals surface area contributed by atoms with Gasteiger partial charge in [-0.1, -0.05) is 83.1 Å². The van der Waals surface area contributed by atoms with Crippen molar-refractivity contribution >= 4 is 30.5 Å². The van der Waals surface area contributed by atoms with Crippen molar-refractivity contribution in [3.63, 3.8) is 0 Å². The number of alkyl carbamates (subject to hydrolysis) is 1. The van der Waals surface area contributed by atoms with Crippen LogP contribution >= 0.6 is 12.6 Å². The van der Waals surface area contributed by atoms with E-state index in [9.17, 15) is 14.4 Å². The normalized spacial score (nSPS) is 15.7. The minimum absolute atomic E-state index is 0.0934. The summed E-state index contributed by atoms with van der Waals surface area (Å²) in [7, 11) is 0. The molecule has 2 rings (SSSR count). The Kier molecular flexibility index (Phi) is 14.2. The Balaban J connectivity index is 2.39. The highest BCUT2D eigenvalue weighted by atomic mass is 32.1. The van der Waals surface area contributed by atoms with Gasteiger partial charge >= 0.3 is 6.09 Å². The number of carbonyl (C=O) groups excluding carboxylic acids is 3. The number of rotatable bonds is 14. The van der Waals surface area contributed by atoms with Gasteiger partial charge in [0.15, 0.2) is 0 Å². The summed E-state index contributed by atoms with van der Waals surface area (Å²) in [6.45, 7) is 10.0. The third kappa shape index (κ3) is 11.4. The van der Waals surface area contributed by atoms with E-state index in [4.69, 9.17) is 4.74 Å². The average molecular weight is 562 g/mol. The second kappa shape index (κ2) is 16.8. The zero-order valence-corrected chi connectivity index (χ0v) is 25.7. The van der Waals surface area contributed by atoms with Crippen molar-refractivity contribution in [2.45, 2.75) is 129 Å². The average Bonchev–Trinajstić information content (AvgIpc) is 2.90. The molecule has 0 aromatic heterocycles. The molecule has 39 heavy (non-hydrogen) atoms. The molecule has 7 nitrogen and oxygen atoms in total. The van der Waals surface area contributed by atoms with Crippen LogP contribution in [0.5, 0.6) is 0 Å². The summed E-state index contributed by atoms with van der Waals surface area (Å²) in [6, 6.07) is 6.37. The quantitative estimate of drug-likeness (QED) is 0.182. The van der Waals surface area contributed by atoms with Gasteiger partial charge in [0.05, 0.1) is 0 Å². The second-order valence-corrected chi connectivity index (χ2v) is 12.0. The third-order valence-electron chi connectivity index (χ3n) is 7.17. The van der Waals surface area contributed by atoms with Gasteiger partial charge in [-0.2, -0.15) is 12.6 Å². The number of nitrogens with one attached hydrogen (secondary N) is 2. The molecular formula is C31H51N3O4S. The molecule has 3 amide bonds. The molecule has 0 bridgehead atoms. The van der Waals surface area contributed by atoms with Gasteiger partial charge in [-0.15, -0.1) is 0 Å². The molecule has 2 atom stereocenters. The molecule has 2 unspecified atom stereocenters. The van der Waals surface area contributed by atoms with Crippen molar-refractivity contribution in [2.75, 3.05) is 12.3 Å². The molecule has 0 saturated heterocycles. The van der Waals surface area contributed by atoms with Crippen LogP contribution in [0.4, 0.5) is 4.79 Å². The predicted molar refractivity (Wildman–Crippen MR) is 161 cm³/mol. The van der Waals surface area contributed by atoms with Crippen molar-refractivity contribution in [3.05, 3.63) is 35.4 Å². The van der Waals surface area contributed by atoms with Gasteiger partial charge in [-0.05, 0) is 57.6 Å². The molecule has 0 heterocycles. The Labute approximate surface area is 241 Å². The summed E-state index contributed by atoms with van der Waals surface area (Å²) in [5.74, 6) is -0.395. The first-order chi connectivity index (χ1) is 18.6. The minimum Gasteiger partial charge on any atom is -0.444 e. The Bertz CT molecular complexity index is 894. The summed E-state index contributed by atoms with van der Waals surface area (Å²) in [4.78, 5) is 42.2. The first-order valence-electron chi connectivity index (χ1n) is 14.9. The first-order valence-corrected chi connectivity index (χ1v) is 15.5. The maximum absolute atomic E-state index is 14.1. The predicted octanol–water partition coefficient (Wildman–Crippen LogP) is 6.36. The van der Waals surface area contributed by atoms with Gasteiger partial charge in [0, 0.05) is 18.3 Å². The molecule has 0 spiro atoms. The standard InChI is InChI=1S/C31H51N3O4S/c1-6-8-9-10-14-21-34(29(36)26(22-39)33-30(37)38-31(3,4)5)27(24-19-17-23(7-2)18-20-24)28(35)32-25-15-12-11-13-16-25/h17-20,25-27,39H,6-16,21-22H2,1-5H3,(H,32,35)(H,33,37). The molecule has 8 heteroatoms. The number of amides is 3. The number of hydrogen-bond donors (Lipinski definition) is 3. The van der Waals surface area contributed by atoms with Gasteiger partial charge < -0.3 is 20.3 Å². The van der Waals surface area contributed by atoms with Crippen LogP contribution in [0.1, 0.15) is 116 Å². The van der Waals surface area contributed by atoms with Gasteiger partial charge in [-0.25, -0.2) is 4.79 Å². The lowest BCUT2D eigenvalue weighted by Gasteiger charge is -2.35. The van der Waals surface area contributed by atoms with Gasteiger partial charge in [0.25, 0.3) is 0 Å². The number of nitrogens with zero attached hydrogens (tertiary/aromatic N) is 1. The van der Waals surface area contributed by atoms with E-state index in [0.29, 0.717) is 6.54 Å². The van der Waals surface area contributed by atoms with E-state index < -0.39 is 23.8 Å². The van der Waals surface area contributed by atoms with E-state index in [-0.39, 0.29) is 23.6 Å². The van der Waals surface area contributed by atoms with Crippen LogP contribution in [0, 0.1) is 0 Å². The van der Waals surface area contributed by atoms with Crippen LogP contribution in [0.2, 0.25) is 0 Å². The van der Waals surface area contributed by atoms with Crippen LogP contribution in [0.3, 0.4) is 0 Å². The molecule has 0 radical (unpaired) electrons. The van der Waals surface area contributed by atoms with Gasteiger partial charge in [0.1, 0.15) is 17.7 Å². The monoisotopic (exact) mass is 561 g/mol. The van der Waals surface area contributed by atoms with Crippen molar-refractivity contribution in [1.82, 2.24) is 15.5 Å². The maximum atomic E-state index is 14.1. The molecular weight excluding hydrogens is 510 g/mol. The minimum atomic E-state index is -0.918. The fraction of sp³-hybridized carbons (Fsp3) is 0.710. The van der Waals surface area contributed by atoms with E-state index in [2.05, 4.69) is 37.1 Å². The molecule has 2 N–H and O–H groups in total. The Morgan fingerprint density at radius 2 is 1.64 bits per heavy atom. The van der Waals surface area contributed by atoms with Gasteiger partial charge in [0.2, 0.25) is 11.8 Å². The topological polar surface area (TPSA) is 87.7 Å². The molecule has 0 aliphatic heterocycles. The van der Waals surface area contributed by atoms with Gasteiger partial charge in [-0.3, -0.25) is 9.59 Å². The van der Waals surface area contributed by atoms with E-state index in [1.54, 1.807) is 25.7 Å². The maximum Gasteiger partial charge on any atom is 0.408 e. The highest BCUT2D eigenvalue weighted by Gasteiger charge is 2.36. The molecule has 1 aromatic rings. The lowest BCUT2D eigenvalue weighted by Crippen LogP contribution is -2.54.